The molecular weight excluding hydrogens is 254 g/mol. The van der Waals surface area contributed by atoms with Crippen molar-refractivity contribution in [3.05, 3.63) is 0 Å². The lowest BCUT2D eigenvalue weighted by Crippen LogP contribution is -2.48. The third kappa shape index (κ3) is 3.95. The molecule has 0 unspecified atom stereocenters. The molecule has 1 saturated heterocycles. The van der Waals surface area contributed by atoms with Crippen LogP contribution in [-0.2, 0) is 9.59 Å². The van der Waals surface area contributed by atoms with E-state index in [1.165, 1.54) is 12.8 Å². The molecule has 1 heterocycles. The number of hydrogen-bond acceptors (Lipinski definition) is 3. The maximum atomic E-state index is 12.0. The van der Waals surface area contributed by atoms with Crippen LogP contribution in [0.15, 0.2) is 0 Å². The number of nitrogens with one attached hydrogen (secondary N) is 2. The normalized spacial score (nSPS) is 23.7. The van der Waals surface area contributed by atoms with Gasteiger partial charge in [0, 0.05) is 25.0 Å². The third-order valence-electron chi connectivity index (χ3n) is 4.55. The van der Waals surface area contributed by atoms with E-state index in [1.54, 1.807) is 0 Å². The Morgan fingerprint density at radius 2 is 1.70 bits per heavy atom. The summed E-state index contributed by atoms with van der Waals surface area (Å²) in [4.78, 5) is 25.7. The summed E-state index contributed by atoms with van der Waals surface area (Å²) in [6.45, 7) is 3.01. The van der Waals surface area contributed by atoms with Crippen molar-refractivity contribution in [2.24, 2.45) is 11.8 Å². The number of likely N-dealkylation sites (tertiary alicyclic amines) is 1. The van der Waals surface area contributed by atoms with Crippen molar-refractivity contribution in [1.29, 1.82) is 0 Å². The van der Waals surface area contributed by atoms with Crippen LogP contribution in [-0.4, -0.2) is 48.9 Å². The number of piperidine rings is 1. The molecule has 0 aromatic rings. The summed E-state index contributed by atoms with van der Waals surface area (Å²) in [6, 6.07) is 0.270. The predicted octanol–water partition coefficient (Wildman–Crippen LogP) is 0.503. The maximum absolute atomic E-state index is 12.0. The Hall–Kier alpha value is -1.10. The molecule has 0 atom stereocenters. The highest BCUT2D eigenvalue weighted by Gasteiger charge is 2.32. The van der Waals surface area contributed by atoms with Gasteiger partial charge in [0.1, 0.15) is 0 Å². The van der Waals surface area contributed by atoms with Crippen LogP contribution in [0.3, 0.4) is 0 Å². The van der Waals surface area contributed by atoms with E-state index in [-0.39, 0.29) is 23.8 Å². The molecule has 0 aromatic carbocycles. The minimum Gasteiger partial charge on any atom is -0.353 e. The van der Waals surface area contributed by atoms with Crippen molar-refractivity contribution in [3.8, 4) is 0 Å². The zero-order valence-corrected chi connectivity index (χ0v) is 12.1. The van der Waals surface area contributed by atoms with Crippen molar-refractivity contribution in [2.45, 2.75) is 44.6 Å². The van der Waals surface area contributed by atoms with E-state index < -0.39 is 0 Å². The molecule has 0 aromatic heterocycles. The molecule has 0 spiro atoms. The van der Waals surface area contributed by atoms with E-state index in [0.29, 0.717) is 6.54 Å². The second-order valence-electron chi connectivity index (χ2n) is 6.51. The van der Waals surface area contributed by atoms with E-state index in [0.717, 1.165) is 51.2 Å². The standard InChI is InChI=1S/C15H25N3O2/c19-14(10-16-9-11-1-2-11)18-7-5-13(6-8-18)17-15(20)12-3-4-12/h11-13,16H,1-10H2,(H,17,20). The van der Waals surface area contributed by atoms with Gasteiger partial charge in [-0.2, -0.15) is 0 Å². The molecule has 5 heteroatoms. The van der Waals surface area contributed by atoms with Crippen LogP contribution in [0.1, 0.15) is 38.5 Å². The van der Waals surface area contributed by atoms with Crippen molar-refractivity contribution in [1.82, 2.24) is 15.5 Å². The van der Waals surface area contributed by atoms with Crippen LogP contribution >= 0.6 is 0 Å². The number of carbonyl (C=O) groups is 2. The Morgan fingerprint density at radius 3 is 2.30 bits per heavy atom. The molecule has 0 bridgehead atoms. The smallest absolute Gasteiger partial charge is 0.236 e. The Morgan fingerprint density at radius 1 is 1.00 bits per heavy atom. The number of rotatable bonds is 6. The van der Waals surface area contributed by atoms with Gasteiger partial charge in [0.2, 0.25) is 11.8 Å². The minimum atomic E-state index is 0.206. The van der Waals surface area contributed by atoms with Gasteiger partial charge in [-0.25, -0.2) is 0 Å². The summed E-state index contributed by atoms with van der Waals surface area (Å²) < 4.78 is 0. The summed E-state index contributed by atoms with van der Waals surface area (Å²) in [7, 11) is 0. The fourth-order valence-electron chi connectivity index (χ4n) is 2.75. The largest absolute Gasteiger partial charge is 0.353 e. The number of nitrogens with zero attached hydrogens (tertiary/aromatic N) is 1. The van der Waals surface area contributed by atoms with Gasteiger partial charge in [0.25, 0.3) is 0 Å². The van der Waals surface area contributed by atoms with Crippen molar-refractivity contribution in [2.75, 3.05) is 26.2 Å². The van der Waals surface area contributed by atoms with Crippen LogP contribution < -0.4 is 10.6 Å². The van der Waals surface area contributed by atoms with Gasteiger partial charge >= 0.3 is 0 Å². The van der Waals surface area contributed by atoms with Crippen molar-refractivity contribution >= 4 is 11.8 Å². The quantitative estimate of drug-likeness (QED) is 0.744. The van der Waals surface area contributed by atoms with Crippen molar-refractivity contribution < 1.29 is 9.59 Å². The van der Waals surface area contributed by atoms with Gasteiger partial charge in [0.05, 0.1) is 6.54 Å². The van der Waals surface area contributed by atoms with E-state index >= 15 is 0 Å². The lowest BCUT2D eigenvalue weighted by atomic mass is 10.0. The van der Waals surface area contributed by atoms with Crippen molar-refractivity contribution in [3.63, 3.8) is 0 Å². The molecule has 3 aliphatic rings. The molecule has 112 valence electrons. The average Bonchev–Trinajstić information content (AvgIpc) is 3.31. The third-order valence-corrected chi connectivity index (χ3v) is 4.55. The number of hydrogen-bond donors (Lipinski definition) is 2. The van der Waals surface area contributed by atoms with Gasteiger partial charge in [-0.3, -0.25) is 9.59 Å². The summed E-state index contributed by atoms with van der Waals surface area (Å²) in [5, 5.41) is 6.36. The first-order chi connectivity index (χ1) is 9.72. The molecule has 2 amide bonds. The molecule has 3 fully saturated rings. The Bertz CT molecular complexity index is 369. The monoisotopic (exact) mass is 279 g/mol. The highest BCUT2D eigenvalue weighted by molar-refractivity contribution is 5.81. The van der Waals surface area contributed by atoms with E-state index in [2.05, 4.69) is 10.6 Å². The molecule has 1 aliphatic heterocycles. The molecule has 5 nitrogen and oxygen atoms in total. The number of carbonyl (C=O) groups excluding carboxylic acids is 2. The van der Waals surface area contributed by atoms with E-state index in [9.17, 15) is 9.59 Å². The number of amides is 2. The predicted molar refractivity (Wildman–Crippen MR) is 76.1 cm³/mol. The molecule has 20 heavy (non-hydrogen) atoms. The topological polar surface area (TPSA) is 61.4 Å². The fraction of sp³-hybridized carbons (Fsp3) is 0.867. The average molecular weight is 279 g/mol. The molecule has 2 N–H and O–H groups in total. The van der Waals surface area contributed by atoms with Gasteiger partial charge in [-0.05, 0) is 51.0 Å². The van der Waals surface area contributed by atoms with Crippen LogP contribution in [0.4, 0.5) is 0 Å². The summed E-state index contributed by atoms with van der Waals surface area (Å²) in [6.07, 6.45) is 6.52. The Labute approximate surface area is 120 Å². The second kappa shape index (κ2) is 6.12. The summed E-state index contributed by atoms with van der Waals surface area (Å²) >= 11 is 0. The van der Waals surface area contributed by atoms with Crippen LogP contribution in [0.5, 0.6) is 0 Å². The fourth-order valence-corrected chi connectivity index (χ4v) is 2.75. The highest BCUT2D eigenvalue weighted by atomic mass is 16.2. The first-order valence-corrected chi connectivity index (χ1v) is 8.01. The summed E-state index contributed by atoms with van der Waals surface area (Å²) in [5.74, 6) is 1.52. The lowest BCUT2D eigenvalue weighted by molar-refractivity contribution is -0.131. The Balaban J connectivity index is 1.32. The highest BCUT2D eigenvalue weighted by Crippen LogP contribution is 2.29. The molecular formula is C15H25N3O2. The lowest BCUT2D eigenvalue weighted by Gasteiger charge is -2.32. The molecule has 2 aliphatic carbocycles. The summed E-state index contributed by atoms with van der Waals surface area (Å²) in [5.41, 5.74) is 0. The van der Waals surface area contributed by atoms with Crippen LogP contribution in [0, 0.1) is 11.8 Å². The zero-order chi connectivity index (χ0) is 13.9. The SMILES string of the molecule is O=C(NC1CCN(C(=O)CNCC2CC2)CC1)C1CC1. The first-order valence-electron chi connectivity index (χ1n) is 8.01. The van der Waals surface area contributed by atoms with Gasteiger partial charge < -0.3 is 15.5 Å². The van der Waals surface area contributed by atoms with E-state index in [1.807, 2.05) is 4.90 Å². The maximum Gasteiger partial charge on any atom is 0.236 e. The van der Waals surface area contributed by atoms with E-state index in [4.69, 9.17) is 0 Å². The molecule has 3 rings (SSSR count). The molecule has 0 radical (unpaired) electrons. The Kier molecular flexibility index (Phi) is 4.24. The van der Waals surface area contributed by atoms with Gasteiger partial charge in [-0.15, -0.1) is 0 Å². The minimum absolute atomic E-state index is 0.206. The van der Waals surface area contributed by atoms with Crippen LogP contribution in [0.2, 0.25) is 0 Å². The van der Waals surface area contributed by atoms with Crippen LogP contribution in [0.25, 0.3) is 0 Å². The van der Waals surface area contributed by atoms with Gasteiger partial charge in [-0.1, -0.05) is 0 Å². The first kappa shape index (κ1) is 13.9. The zero-order valence-electron chi connectivity index (χ0n) is 12.1. The molecule has 2 saturated carbocycles. The van der Waals surface area contributed by atoms with Gasteiger partial charge in [0.15, 0.2) is 0 Å². The second-order valence-corrected chi connectivity index (χ2v) is 6.51.